The quantitative estimate of drug-likeness (QED) is 0.818. The molecule has 1 heterocycles. The zero-order valence-corrected chi connectivity index (χ0v) is 13.6. The topological polar surface area (TPSA) is 77.0 Å². The van der Waals surface area contributed by atoms with Gasteiger partial charge in [0.1, 0.15) is 5.82 Å². The first kappa shape index (κ1) is 15.8. The van der Waals surface area contributed by atoms with Gasteiger partial charge in [-0.15, -0.1) is 10.2 Å². The van der Waals surface area contributed by atoms with E-state index in [1.807, 2.05) is 4.57 Å². The Kier molecular flexibility index (Phi) is 4.51. The maximum absolute atomic E-state index is 13.6. The number of carbonyl (C=O) groups excluding carboxylic acids is 1. The number of rotatable bonds is 6. The number of nitrogen functional groups attached to an aromatic ring is 1. The highest BCUT2D eigenvalue weighted by molar-refractivity contribution is 7.99. The van der Waals surface area contributed by atoms with E-state index in [1.165, 1.54) is 22.7 Å². The van der Waals surface area contributed by atoms with Crippen LogP contribution < -0.4 is 5.73 Å². The van der Waals surface area contributed by atoms with Crippen LogP contribution in [0.1, 0.15) is 24.4 Å². The van der Waals surface area contributed by atoms with Crippen molar-refractivity contribution in [1.82, 2.24) is 19.7 Å². The normalized spacial score (nSPS) is 14.0. The van der Waals surface area contributed by atoms with Crippen LogP contribution in [0.25, 0.3) is 0 Å². The smallest absolute Gasteiger partial charge is 0.233 e. The minimum Gasteiger partial charge on any atom is -0.368 e. The summed E-state index contributed by atoms with van der Waals surface area (Å²) < 4.78 is 15.5. The third-order valence-electron chi connectivity index (χ3n) is 3.72. The van der Waals surface area contributed by atoms with Crippen molar-refractivity contribution in [3.05, 3.63) is 35.6 Å². The fourth-order valence-corrected chi connectivity index (χ4v) is 3.22. The van der Waals surface area contributed by atoms with Crippen LogP contribution in [-0.4, -0.2) is 38.4 Å². The largest absolute Gasteiger partial charge is 0.368 e. The number of nitrogens with two attached hydrogens (primary N) is 1. The van der Waals surface area contributed by atoms with Crippen molar-refractivity contribution in [3.63, 3.8) is 0 Å². The highest BCUT2D eigenvalue weighted by Gasteiger charge is 2.29. The lowest BCUT2D eigenvalue weighted by atomic mass is 10.2. The molecule has 0 aliphatic heterocycles. The van der Waals surface area contributed by atoms with Crippen LogP contribution in [0.3, 0.4) is 0 Å². The van der Waals surface area contributed by atoms with Gasteiger partial charge in [0, 0.05) is 25.2 Å². The Bertz CT molecular complexity index is 716. The molecule has 0 atom stereocenters. The number of halogens is 1. The van der Waals surface area contributed by atoms with Crippen LogP contribution in [0.4, 0.5) is 10.3 Å². The molecule has 1 aromatic heterocycles. The summed E-state index contributed by atoms with van der Waals surface area (Å²) in [6.45, 7) is 0.240. The molecule has 1 aromatic carbocycles. The SMILES string of the molecule is CN(Cc1ccccc1F)C(=O)CSc1nnc(N)n1C1CC1. The minimum absolute atomic E-state index is 0.0952. The maximum Gasteiger partial charge on any atom is 0.233 e. The van der Waals surface area contributed by atoms with Crippen molar-refractivity contribution >= 4 is 23.6 Å². The molecular formula is C15H18FN5OS. The number of hydrogen-bond acceptors (Lipinski definition) is 5. The lowest BCUT2D eigenvalue weighted by Gasteiger charge is -2.17. The molecule has 1 aliphatic rings. The van der Waals surface area contributed by atoms with Gasteiger partial charge in [-0.1, -0.05) is 30.0 Å². The highest BCUT2D eigenvalue weighted by atomic mass is 32.2. The Morgan fingerprint density at radius 3 is 2.87 bits per heavy atom. The summed E-state index contributed by atoms with van der Waals surface area (Å²) in [5.41, 5.74) is 6.31. The first-order valence-corrected chi connectivity index (χ1v) is 8.35. The third kappa shape index (κ3) is 3.64. The Morgan fingerprint density at radius 2 is 2.17 bits per heavy atom. The second kappa shape index (κ2) is 6.57. The molecule has 122 valence electrons. The summed E-state index contributed by atoms with van der Waals surface area (Å²) in [6.07, 6.45) is 2.13. The molecular weight excluding hydrogens is 317 g/mol. The van der Waals surface area contributed by atoms with Crippen LogP contribution in [0.2, 0.25) is 0 Å². The van der Waals surface area contributed by atoms with Gasteiger partial charge in [-0.3, -0.25) is 9.36 Å². The molecule has 0 bridgehead atoms. The molecule has 1 aliphatic carbocycles. The molecule has 0 saturated heterocycles. The predicted molar refractivity (Wildman–Crippen MR) is 86.3 cm³/mol. The van der Waals surface area contributed by atoms with E-state index >= 15 is 0 Å². The molecule has 23 heavy (non-hydrogen) atoms. The third-order valence-corrected chi connectivity index (χ3v) is 4.65. The van der Waals surface area contributed by atoms with Gasteiger partial charge in [-0.05, 0) is 18.9 Å². The van der Waals surface area contributed by atoms with Crippen molar-refractivity contribution in [2.75, 3.05) is 18.5 Å². The van der Waals surface area contributed by atoms with Crippen molar-refractivity contribution in [3.8, 4) is 0 Å². The fraction of sp³-hybridized carbons (Fsp3) is 0.400. The number of thioether (sulfide) groups is 1. The van der Waals surface area contributed by atoms with E-state index in [1.54, 1.807) is 25.2 Å². The Morgan fingerprint density at radius 1 is 1.43 bits per heavy atom. The van der Waals surface area contributed by atoms with Gasteiger partial charge in [-0.25, -0.2) is 4.39 Å². The molecule has 3 rings (SSSR count). The number of anilines is 1. The molecule has 1 fully saturated rings. The second-order valence-electron chi connectivity index (χ2n) is 5.57. The Labute approximate surface area is 137 Å². The van der Waals surface area contributed by atoms with Gasteiger partial charge in [0.2, 0.25) is 11.9 Å². The molecule has 1 amide bonds. The zero-order valence-electron chi connectivity index (χ0n) is 12.8. The maximum atomic E-state index is 13.6. The van der Waals surface area contributed by atoms with Crippen LogP contribution >= 0.6 is 11.8 Å². The number of hydrogen-bond donors (Lipinski definition) is 1. The number of nitrogens with zero attached hydrogens (tertiary/aromatic N) is 4. The molecule has 0 spiro atoms. The van der Waals surface area contributed by atoms with Gasteiger partial charge >= 0.3 is 0 Å². The Balaban J connectivity index is 1.58. The van der Waals surface area contributed by atoms with Crippen molar-refractivity contribution < 1.29 is 9.18 Å². The average Bonchev–Trinajstić information content (AvgIpc) is 3.30. The number of carbonyl (C=O) groups is 1. The Hall–Kier alpha value is -2.09. The van der Waals surface area contributed by atoms with Gasteiger partial charge in [0.15, 0.2) is 5.16 Å². The summed E-state index contributed by atoms with van der Waals surface area (Å²) in [7, 11) is 1.66. The summed E-state index contributed by atoms with van der Waals surface area (Å²) in [6, 6.07) is 6.82. The van der Waals surface area contributed by atoms with Gasteiger partial charge in [0.05, 0.1) is 5.75 Å². The summed E-state index contributed by atoms with van der Waals surface area (Å²) >= 11 is 1.31. The van der Waals surface area contributed by atoms with E-state index in [2.05, 4.69) is 10.2 Å². The highest BCUT2D eigenvalue weighted by Crippen LogP contribution is 2.39. The van der Waals surface area contributed by atoms with E-state index in [4.69, 9.17) is 5.73 Å². The molecule has 8 heteroatoms. The van der Waals surface area contributed by atoms with Crippen LogP contribution in [0.5, 0.6) is 0 Å². The van der Waals surface area contributed by atoms with Crippen LogP contribution in [-0.2, 0) is 11.3 Å². The molecule has 1 saturated carbocycles. The summed E-state index contributed by atoms with van der Waals surface area (Å²) in [4.78, 5) is 13.7. The summed E-state index contributed by atoms with van der Waals surface area (Å²) in [5, 5.41) is 8.57. The van der Waals surface area contributed by atoms with Gasteiger partial charge < -0.3 is 10.6 Å². The minimum atomic E-state index is -0.305. The number of amides is 1. The van der Waals surface area contributed by atoms with Crippen LogP contribution in [0, 0.1) is 5.82 Å². The van der Waals surface area contributed by atoms with Gasteiger partial charge in [0.25, 0.3) is 0 Å². The predicted octanol–water partition coefficient (Wildman–Crippen LogP) is 2.08. The molecule has 2 aromatic rings. The monoisotopic (exact) mass is 335 g/mol. The molecule has 0 radical (unpaired) electrons. The number of benzene rings is 1. The lowest BCUT2D eigenvalue weighted by molar-refractivity contribution is -0.127. The molecule has 0 unspecified atom stereocenters. The first-order valence-electron chi connectivity index (χ1n) is 7.37. The van der Waals surface area contributed by atoms with E-state index in [-0.39, 0.29) is 24.0 Å². The van der Waals surface area contributed by atoms with E-state index in [0.29, 0.717) is 22.7 Å². The number of aromatic nitrogens is 3. The van der Waals surface area contributed by atoms with E-state index < -0.39 is 0 Å². The van der Waals surface area contributed by atoms with Crippen molar-refractivity contribution in [2.45, 2.75) is 30.6 Å². The standard InChI is InChI=1S/C15H18FN5OS/c1-20(8-10-4-2-3-5-12(10)16)13(22)9-23-15-19-18-14(17)21(15)11-6-7-11/h2-5,11H,6-9H2,1H3,(H2,17,18). The van der Waals surface area contributed by atoms with Crippen molar-refractivity contribution in [1.29, 1.82) is 0 Å². The fourth-order valence-electron chi connectivity index (χ4n) is 2.27. The lowest BCUT2D eigenvalue weighted by Crippen LogP contribution is -2.28. The average molecular weight is 335 g/mol. The van der Waals surface area contributed by atoms with E-state index in [0.717, 1.165) is 12.8 Å². The molecule has 2 N–H and O–H groups in total. The van der Waals surface area contributed by atoms with Gasteiger partial charge in [-0.2, -0.15) is 0 Å². The van der Waals surface area contributed by atoms with E-state index in [9.17, 15) is 9.18 Å². The zero-order chi connectivity index (χ0) is 16.4. The first-order chi connectivity index (χ1) is 11.1. The van der Waals surface area contributed by atoms with Crippen molar-refractivity contribution in [2.24, 2.45) is 0 Å². The summed E-state index contributed by atoms with van der Waals surface area (Å²) in [5.74, 6) is 0.209. The molecule has 6 nitrogen and oxygen atoms in total. The second-order valence-corrected chi connectivity index (χ2v) is 6.51. The van der Waals surface area contributed by atoms with Crippen LogP contribution in [0.15, 0.2) is 29.4 Å².